The van der Waals surface area contributed by atoms with E-state index in [-0.39, 0.29) is 41.1 Å². The third-order valence-electron chi connectivity index (χ3n) is 4.99. The monoisotopic (exact) mass is 481 g/mol. The van der Waals surface area contributed by atoms with Crippen LogP contribution in [-0.2, 0) is 20.0 Å². The van der Waals surface area contributed by atoms with Gasteiger partial charge in [0.25, 0.3) is 10.0 Å². The number of rotatable bonds is 5. The lowest BCUT2D eigenvalue weighted by Gasteiger charge is -2.32. The molecule has 2 heterocycles. The highest BCUT2D eigenvalue weighted by Crippen LogP contribution is 2.30. The number of aromatic nitrogens is 1. The third kappa shape index (κ3) is 4.41. The summed E-state index contributed by atoms with van der Waals surface area (Å²) in [6, 6.07) is 12.3. The Bertz CT molecular complexity index is 1300. The molecule has 164 valence electrons. The van der Waals surface area contributed by atoms with E-state index in [1.54, 1.807) is 30.3 Å². The van der Waals surface area contributed by atoms with E-state index in [4.69, 9.17) is 0 Å². The third-order valence-corrected chi connectivity index (χ3v) is 10.3. The molecule has 7 nitrogen and oxygen atoms in total. The fourth-order valence-electron chi connectivity index (χ4n) is 3.31. The quantitative estimate of drug-likeness (QED) is 0.559. The molecule has 4 rings (SSSR count). The zero-order chi connectivity index (χ0) is 22.2. The lowest BCUT2D eigenvalue weighted by atomic mass is 10.2. The van der Waals surface area contributed by atoms with Crippen LogP contribution in [0.4, 0.5) is 4.39 Å². The van der Waals surface area contributed by atoms with Crippen LogP contribution in [0.15, 0.2) is 63.8 Å². The Morgan fingerprint density at radius 3 is 2.13 bits per heavy atom. The first-order valence-corrected chi connectivity index (χ1v) is 13.2. The first kappa shape index (κ1) is 22.0. The van der Waals surface area contributed by atoms with Crippen LogP contribution in [0.25, 0.3) is 10.6 Å². The van der Waals surface area contributed by atoms with E-state index < -0.39 is 20.0 Å². The predicted octanol–water partition coefficient (Wildman–Crippen LogP) is 2.95. The summed E-state index contributed by atoms with van der Waals surface area (Å²) in [5.41, 5.74) is 1.46. The molecule has 1 aromatic heterocycles. The van der Waals surface area contributed by atoms with Gasteiger partial charge in [0, 0.05) is 31.7 Å². The second-order valence-corrected chi connectivity index (χ2v) is 12.2. The molecule has 1 aliphatic rings. The second-order valence-electron chi connectivity index (χ2n) is 7.12. The van der Waals surface area contributed by atoms with Gasteiger partial charge in [-0.25, -0.2) is 26.2 Å². The molecule has 1 aliphatic heterocycles. The maximum absolute atomic E-state index is 13.1. The SMILES string of the molecule is Cc1cccc(S(=O)(=O)N2CCN(S(=O)(=O)c3cnc(-c4ccc(F)cc4)s3)CC2)c1. The van der Waals surface area contributed by atoms with E-state index in [1.807, 2.05) is 13.0 Å². The van der Waals surface area contributed by atoms with Crippen molar-refractivity contribution in [3.63, 3.8) is 0 Å². The van der Waals surface area contributed by atoms with Gasteiger partial charge in [0.2, 0.25) is 10.0 Å². The highest BCUT2D eigenvalue weighted by atomic mass is 32.2. The minimum absolute atomic E-state index is 0.0527. The molecular formula is C20H20FN3O4S3. The van der Waals surface area contributed by atoms with Crippen LogP contribution in [-0.4, -0.2) is 56.6 Å². The number of hydrogen-bond acceptors (Lipinski definition) is 6. The molecule has 3 aromatic rings. The molecule has 1 fully saturated rings. The number of nitrogens with zero attached hydrogens (tertiary/aromatic N) is 3. The highest BCUT2D eigenvalue weighted by Gasteiger charge is 2.34. The van der Waals surface area contributed by atoms with Gasteiger partial charge in [0.15, 0.2) is 4.21 Å². The second kappa shape index (κ2) is 8.40. The first-order chi connectivity index (χ1) is 14.7. The van der Waals surface area contributed by atoms with Crippen molar-refractivity contribution in [2.24, 2.45) is 0 Å². The van der Waals surface area contributed by atoms with Gasteiger partial charge in [-0.05, 0) is 48.9 Å². The molecule has 0 amide bonds. The zero-order valence-electron chi connectivity index (χ0n) is 16.6. The fourth-order valence-corrected chi connectivity index (χ4v) is 7.55. The Hall–Kier alpha value is -2.18. The maximum Gasteiger partial charge on any atom is 0.254 e. The molecule has 11 heteroatoms. The van der Waals surface area contributed by atoms with Crippen LogP contribution in [0.3, 0.4) is 0 Å². The Morgan fingerprint density at radius 1 is 0.903 bits per heavy atom. The van der Waals surface area contributed by atoms with Crippen LogP contribution in [0.5, 0.6) is 0 Å². The van der Waals surface area contributed by atoms with Gasteiger partial charge < -0.3 is 0 Å². The standard InChI is InChI=1S/C20H20FN3O4S3/c1-15-3-2-4-18(13-15)30(25,26)23-9-11-24(12-10-23)31(27,28)19-14-22-20(29-19)16-5-7-17(21)8-6-16/h2-8,13-14H,9-12H2,1H3. The predicted molar refractivity (Wildman–Crippen MR) is 116 cm³/mol. The van der Waals surface area contributed by atoms with Gasteiger partial charge in [0.05, 0.1) is 11.1 Å². The van der Waals surface area contributed by atoms with Crippen molar-refractivity contribution in [1.29, 1.82) is 0 Å². The van der Waals surface area contributed by atoms with Gasteiger partial charge in [-0.3, -0.25) is 0 Å². The Balaban J connectivity index is 1.49. The Morgan fingerprint density at radius 2 is 1.52 bits per heavy atom. The summed E-state index contributed by atoms with van der Waals surface area (Å²) < 4.78 is 67.6. The summed E-state index contributed by atoms with van der Waals surface area (Å²) in [7, 11) is -7.49. The first-order valence-electron chi connectivity index (χ1n) is 9.47. The molecule has 31 heavy (non-hydrogen) atoms. The van der Waals surface area contributed by atoms with Crippen LogP contribution in [0, 0.1) is 12.7 Å². The highest BCUT2D eigenvalue weighted by molar-refractivity contribution is 7.91. The minimum Gasteiger partial charge on any atom is -0.243 e. The van der Waals surface area contributed by atoms with E-state index in [1.165, 1.54) is 26.9 Å². The lowest BCUT2D eigenvalue weighted by Crippen LogP contribution is -2.50. The number of aryl methyl sites for hydroxylation is 1. The minimum atomic E-state index is -3.80. The summed E-state index contributed by atoms with van der Waals surface area (Å²) in [5, 5.41) is 0.472. The molecule has 0 bridgehead atoms. The van der Waals surface area contributed by atoms with Crippen LogP contribution in [0.2, 0.25) is 0 Å². The molecule has 0 atom stereocenters. The molecule has 0 saturated carbocycles. The molecule has 0 radical (unpaired) electrons. The molecule has 0 unspecified atom stereocenters. The van der Waals surface area contributed by atoms with Crippen molar-refractivity contribution in [2.45, 2.75) is 16.0 Å². The topological polar surface area (TPSA) is 87.7 Å². The maximum atomic E-state index is 13.1. The van der Waals surface area contributed by atoms with Crippen molar-refractivity contribution < 1.29 is 21.2 Å². The molecule has 0 spiro atoms. The van der Waals surface area contributed by atoms with Gasteiger partial charge >= 0.3 is 0 Å². The number of sulfonamides is 2. The smallest absolute Gasteiger partial charge is 0.243 e. The summed E-state index contributed by atoms with van der Waals surface area (Å²) >= 11 is 1.00. The van der Waals surface area contributed by atoms with Crippen LogP contribution in [0.1, 0.15) is 5.56 Å². The number of thiazole rings is 1. The number of halogens is 1. The number of piperazine rings is 1. The summed E-state index contributed by atoms with van der Waals surface area (Å²) in [4.78, 5) is 4.37. The van der Waals surface area contributed by atoms with Crippen LogP contribution >= 0.6 is 11.3 Å². The van der Waals surface area contributed by atoms with E-state index >= 15 is 0 Å². The van der Waals surface area contributed by atoms with Crippen molar-refractivity contribution in [3.05, 3.63) is 66.1 Å². The van der Waals surface area contributed by atoms with Gasteiger partial charge in [-0.15, -0.1) is 11.3 Å². The van der Waals surface area contributed by atoms with Crippen LogP contribution < -0.4 is 0 Å². The van der Waals surface area contributed by atoms with E-state index in [0.717, 1.165) is 16.9 Å². The summed E-state index contributed by atoms with van der Waals surface area (Å²) in [6.07, 6.45) is 1.29. The average Bonchev–Trinajstić information content (AvgIpc) is 3.25. The zero-order valence-corrected chi connectivity index (χ0v) is 19.1. The molecule has 0 aliphatic carbocycles. The lowest BCUT2D eigenvalue weighted by molar-refractivity contribution is 0.273. The number of hydrogen-bond donors (Lipinski definition) is 0. The molecule has 0 N–H and O–H groups in total. The van der Waals surface area contributed by atoms with Gasteiger partial charge in [-0.2, -0.15) is 8.61 Å². The van der Waals surface area contributed by atoms with Crippen molar-refractivity contribution in [3.8, 4) is 10.6 Å². The molecular weight excluding hydrogens is 461 g/mol. The normalized spacial score (nSPS) is 16.5. The largest absolute Gasteiger partial charge is 0.254 e. The molecule has 1 saturated heterocycles. The Kier molecular flexibility index (Phi) is 5.97. The van der Waals surface area contributed by atoms with Crippen molar-refractivity contribution in [1.82, 2.24) is 13.6 Å². The fraction of sp³-hybridized carbons (Fsp3) is 0.250. The average molecular weight is 482 g/mol. The Labute approximate surface area is 184 Å². The van der Waals surface area contributed by atoms with E-state index in [9.17, 15) is 21.2 Å². The van der Waals surface area contributed by atoms with Crippen molar-refractivity contribution >= 4 is 31.4 Å². The summed E-state index contributed by atoms with van der Waals surface area (Å²) in [6.45, 7) is 2.06. The van der Waals surface area contributed by atoms with Gasteiger partial charge in [0.1, 0.15) is 10.8 Å². The van der Waals surface area contributed by atoms with Crippen molar-refractivity contribution in [2.75, 3.05) is 26.2 Å². The van der Waals surface area contributed by atoms with E-state index in [2.05, 4.69) is 4.98 Å². The molecule has 2 aromatic carbocycles. The summed E-state index contributed by atoms with van der Waals surface area (Å²) in [5.74, 6) is -0.383. The number of benzene rings is 2. The van der Waals surface area contributed by atoms with Gasteiger partial charge in [-0.1, -0.05) is 12.1 Å². The van der Waals surface area contributed by atoms with E-state index in [0.29, 0.717) is 10.6 Å².